The first kappa shape index (κ1) is 19.4. The van der Waals surface area contributed by atoms with Crippen molar-refractivity contribution in [3.05, 3.63) is 45.0 Å². The van der Waals surface area contributed by atoms with Crippen molar-refractivity contribution >= 4 is 22.6 Å². The van der Waals surface area contributed by atoms with Crippen LogP contribution in [0, 0.1) is 0 Å². The predicted molar refractivity (Wildman–Crippen MR) is 99.0 cm³/mol. The highest BCUT2D eigenvalue weighted by molar-refractivity contribution is 5.80. The lowest BCUT2D eigenvalue weighted by atomic mass is 10.2. The van der Waals surface area contributed by atoms with Gasteiger partial charge < -0.3 is 10.6 Å². The summed E-state index contributed by atoms with van der Waals surface area (Å²) in [7, 11) is 0. The maximum absolute atomic E-state index is 12.3. The van der Waals surface area contributed by atoms with Crippen LogP contribution in [0.2, 0.25) is 0 Å². The zero-order valence-electron chi connectivity index (χ0n) is 15.0. The molecule has 0 fully saturated rings. The van der Waals surface area contributed by atoms with Crippen LogP contribution < -0.4 is 21.8 Å². The SMILES string of the molecule is CCC(C)NC(=O)CCNC(=O)CCn1[nH]c(=O)c2ccccc2c1=O. The normalized spacial score (nSPS) is 11.9. The van der Waals surface area contributed by atoms with Crippen LogP contribution in [0.25, 0.3) is 10.8 Å². The van der Waals surface area contributed by atoms with Crippen molar-refractivity contribution in [2.45, 2.75) is 45.7 Å². The Morgan fingerprint density at radius 2 is 1.81 bits per heavy atom. The van der Waals surface area contributed by atoms with Crippen molar-refractivity contribution < 1.29 is 9.59 Å². The number of aryl methyl sites for hydroxylation is 1. The van der Waals surface area contributed by atoms with Crippen molar-refractivity contribution in [2.24, 2.45) is 0 Å². The van der Waals surface area contributed by atoms with Gasteiger partial charge in [0.1, 0.15) is 0 Å². The van der Waals surface area contributed by atoms with E-state index in [1.165, 1.54) is 0 Å². The van der Waals surface area contributed by atoms with E-state index in [1.807, 2.05) is 13.8 Å². The summed E-state index contributed by atoms with van der Waals surface area (Å²) in [5.41, 5.74) is -0.719. The lowest BCUT2D eigenvalue weighted by Crippen LogP contribution is -2.36. The molecule has 0 aliphatic heterocycles. The molecule has 0 saturated carbocycles. The average Bonchev–Trinajstić information content (AvgIpc) is 2.63. The smallest absolute Gasteiger partial charge is 0.273 e. The highest BCUT2D eigenvalue weighted by Gasteiger charge is 2.09. The van der Waals surface area contributed by atoms with Gasteiger partial charge in [-0.05, 0) is 25.5 Å². The van der Waals surface area contributed by atoms with E-state index in [1.54, 1.807) is 24.3 Å². The zero-order chi connectivity index (χ0) is 19.1. The number of benzene rings is 1. The number of amides is 2. The van der Waals surface area contributed by atoms with Crippen LogP contribution in [0.4, 0.5) is 0 Å². The minimum absolute atomic E-state index is 0.0289. The van der Waals surface area contributed by atoms with Crippen molar-refractivity contribution in [2.75, 3.05) is 6.54 Å². The van der Waals surface area contributed by atoms with E-state index in [0.29, 0.717) is 10.8 Å². The Balaban J connectivity index is 1.87. The average molecular weight is 360 g/mol. The molecule has 8 nitrogen and oxygen atoms in total. The molecule has 0 aliphatic rings. The first-order valence-electron chi connectivity index (χ1n) is 8.70. The van der Waals surface area contributed by atoms with Gasteiger partial charge in [-0.25, -0.2) is 4.68 Å². The van der Waals surface area contributed by atoms with Gasteiger partial charge in [0.25, 0.3) is 11.1 Å². The second-order valence-electron chi connectivity index (χ2n) is 6.17. The number of hydrogen-bond donors (Lipinski definition) is 3. The number of carbonyl (C=O) groups is 2. The highest BCUT2D eigenvalue weighted by Crippen LogP contribution is 2.02. The standard InChI is InChI=1S/C18H24N4O4/c1-3-12(2)20-16(24)8-10-19-15(23)9-11-22-18(26)14-7-5-4-6-13(14)17(25)21-22/h4-7,12H,3,8-11H2,1-2H3,(H,19,23)(H,20,24)(H,21,25). The Morgan fingerprint density at radius 3 is 2.50 bits per heavy atom. The summed E-state index contributed by atoms with van der Waals surface area (Å²) in [6.07, 6.45) is 1.07. The van der Waals surface area contributed by atoms with Gasteiger partial charge in [0.15, 0.2) is 0 Å². The van der Waals surface area contributed by atoms with Gasteiger partial charge in [-0.15, -0.1) is 0 Å². The third-order valence-corrected chi connectivity index (χ3v) is 4.14. The maximum Gasteiger partial charge on any atom is 0.273 e. The Kier molecular flexibility index (Phi) is 6.71. The number of nitrogens with one attached hydrogen (secondary N) is 3. The van der Waals surface area contributed by atoms with Crippen LogP contribution in [0.3, 0.4) is 0 Å². The Hall–Kier alpha value is -2.90. The molecule has 3 N–H and O–H groups in total. The molecule has 2 amide bonds. The quantitative estimate of drug-likeness (QED) is 0.636. The summed E-state index contributed by atoms with van der Waals surface area (Å²) >= 11 is 0. The Morgan fingerprint density at radius 1 is 1.12 bits per heavy atom. The topological polar surface area (TPSA) is 113 Å². The molecule has 8 heteroatoms. The number of carbonyl (C=O) groups excluding carboxylic acids is 2. The molecule has 1 atom stereocenters. The third kappa shape index (κ3) is 5.05. The number of rotatable bonds is 8. The molecule has 1 aromatic heterocycles. The van der Waals surface area contributed by atoms with Gasteiger partial charge in [-0.1, -0.05) is 19.1 Å². The summed E-state index contributed by atoms with van der Waals surface area (Å²) in [5, 5.41) is 8.58. The summed E-state index contributed by atoms with van der Waals surface area (Å²) < 4.78 is 1.14. The molecule has 1 unspecified atom stereocenters. The van der Waals surface area contributed by atoms with Crippen molar-refractivity contribution in [3.8, 4) is 0 Å². The van der Waals surface area contributed by atoms with Crippen LogP contribution >= 0.6 is 0 Å². The van der Waals surface area contributed by atoms with Gasteiger partial charge in [-0.3, -0.25) is 24.3 Å². The summed E-state index contributed by atoms with van der Waals surface area (Å²) in [4.78, 5) is 47.8. The number of aromatic nitrogens is 2. The molecule has 1 aromatic carbocycles. The molecule has 140 valence electrons. The Bertz CT molecular complexity index is 900. The first-order chi connectivity index (χ1) is 12.4. The number of nitrogens with zero attached hydrogens (tertiary/aromatic N) is 1. The van der Waals surface area contributed by atoms with Crippen molar-refractivity contribution in [1.29, 1.82) is 0 Å². The summed E-state index contributed by atoms with van der Waals surface area (Å²) in [5.74, 6) is -0.406. The van der Waals surface area contributed by atoms with E-state index >= 15 is 0 Å². The number of H-pyrrole nitrogens is 1. The lowest BCUT2D eigenvalue weighted by Gasteiger charge is -2.11. The van der Waals surface area contributed by atoms with E-state index in [2.05, 4.69) is 15.7 Å². The fourth-order valence-corrected chi connectivity index (χ4v) is 2.47. The zero-order valence-corrected chi connectivity index (χ0v) is 15.0. The Labute approximate surface area is 150 Å². The molecule has 26 heavy (non-hydrogen) atoms. The molecule has 0 spiro atoms. The molecule has 0 radical (unpaired) electrons. The van der Waals surface area contributed by atoms with Gasteiger partial charge in [0.2, 0.25) is 11.8 Å². The minimum Gasteiger partial charge on any atom is -0.356 e. The van der Waals surface area contributed by atoms with E-state index in [0.717, 1.165) is 11.1 Å². The number of fused-ring (bicyclic) bond motifs is 1. The van der Waals surface area contributed by atoms with Gasteiger partial charge in [-0.2, -0.15) is 0 Å². The molecular formula is C18H24N4O4. The molecule has 2 aromatic rings. The molecule has 2 rings (SSSR count). The van der Waals surface area contributed by atoms with Gasteiger partial charge >= 0.3 is 0 Å². The number of aromatic amines is 1. The lowest BCUT2D eigenvalue weighted by molar-refractivity contribution is -0.122. The van der Waals surface area contributed by atoms with Gasteiger partial charge in [0.05, 0.1) is 17.3 Å². The predicted octanol–water partition coefficient (Wildman–Crippen LogP) is 0.501. The second-order valence-corrected chi connectivity index (χ2v) is 6.17. The molecule has 0 aliphatic carbocycles. The van der Waals surface area contributed by atoms with Crippen LogP contribution in [-0.2, 0) is 16.1 Å². The van der Waals surface area contributed by atoms with Crippen LogP contribution in [0.1, 0.15) is 33.1 Å². The number of hydrogen-bond acceptors (Lipinski definition) is 4. The van der Waals surface area contributed by atoms with Crippen LogP contribution in [-0.4, -0.2) is 34.2 Å². The fraction of sp³-hybridized carbons (Fsp3) is 0.444. The van der Waals surface area contributed by atoms with Crippen molar-refractivity contribution in [1.82, 2.24) is 20.4 Å². The van der Waals surface area contributed by atoms with E-state index < -0.39 is 0 Å². The fourth-order valence-electron chi connectivity index (χ4n) is 2.47. The highest BCUT2D eigenvalue weighted by atomic mass is 16.2. The van der Waals surface area contributed by atoms with E-state index in [4.69, 9.17) is 0 Å². The molecular weight excluding hydrogens is 336 g/mol. The monoisotopic (exact) mass is 360 g/mol. The first-order valence-corrected chi connectivity index (χ1v) is 8.70. The van der Waals surface area contributed by atoms with E-state index in [9.17, 15) is 19.2 Å². The van der Waals surface area contributed by atoms with Crippen LogP contribution in [0.15, 0.2) is 33.9 Å². The van der Waals surface area contributed by atoms with E-state index in [-0.39, 0.29) is 54.9 Å². The molecule has 0 saturated heterocycles. The van der Waals surface area contributed by atoms with Gasteiger partial charge in [0, 0.05) is 25.4 Å². The summed E-state index contributed by atoms with van der Waals surface area (Å²) in [6, 6.07) is 6.64. The largest absolute Gasteiger partial charge is 0.356 e. The molecule has 0 bridgehead atoms. The minimum atomic E-state index is -0.373. The maximum atomic E-state index is 12.3. The van der Waals surface area contributed by atoms with Crippen LogP contribution in [0.5, 0.6) is 0 Å². The second kappa shape index (κ2) is 8.98. The third-order valence-electron chi connectivity index (χ3n) is 4.14. The molecule has 1 heterocycles. The van der Waals surface area contributed by atoms with Crippen molar-refractivity contribution in [3.63, 3.8) is 0 Å². The summed E-state index contributed by atoms with van der Waals surface area (Å²) in [6.45, 7) is 4.18.